The molecule has 0 radical (unpaired) electrons. The second-order valence-corrected chi connectivity index (χ2v) is 6.05. The molecule has 0 bridgehead atoms. The van der Waals surface area contributed by atoms with Gasteiger partial charge >= 0.3 is 0 Å². The Kier molecular flexibility index (Phi) is 4.62. The Morgan fingerprint density at radius 1 is 1.33 bits per heavy atom. The first kappa shape index (κ1) is 13.8. The van der Waals surface area contributed by atoms with Gasteiger partial charge in [0.05, 0.1) is 6.04 Å². The zero-order valence-electron chi connectivity index (χ0n) is 12.0. The molecule has 2 atom stereocenters. The lowest BCUT2D eigenvalue weighted by molar-refractivity contribution is -0.134. The summed E-state index contributed by atoms with van der Waals surface area (Å²) >= 11 is 0. The molecule has 0 aromatic carbocycles. The van der Waals surface area contributed by atoms with Gasteiger partial charge in [-0.2, -0.15) is 0 Å². The Labute approximate surface area is 111 Å². The molecule has 18 heavy (non-hydrogen) atoms. The number of nitrogens with one attached hydrogen (secondary N) is 1. The van der Waals surface area contributed by atoms with Crippen molar-refractivity contribution < 1.29 is 4.79 Å². The zero-order valence-corrected chi connectivity index (χ0v) is 12.0. The number of rotatable bonds is 5. The summed E-state index contributed by atoms with van der Waals surface area (Å²) in [4.78, 5) is 16.3. The smallest absolute Gasteiger partial charge is 0.239 e. The lowest BCUT2D eigenvalue weighted by Crippen LogP contribution is -2.49. The summed E-state index contributed by atoms with van der Waals surface area (Å²) in [7, 11) is 3.71. The molecule has 1 N–H and O–H groups in total. The number of amides is 1. The van der Waals surface area contributed by atoms with Gasteiger partial charge in [0.25, 0.3) is 0 Å². The maximum Gasteiger partial charge on any atom is 0.239 e. The fourth-order valence-corrected chi connectivity index (χ4v) is 2.92. The average Bonchev–Trinajstić information content (AvgIpc) is 3.19. The third-order valence-corrected chi connectivity index (χ3v) is 4.18. The van der Waals surface area contributed by atoms with Gasteiger partial charge in [-0.1, -0.05) is 0 Å². The molecule has 2 unspecified atom stereocenters. The standard InChI is InChI=1S/C14H27N3O/c1-11(14(18)16(2)3)17(13-6-7-13)10-12-5-4-8-15-9-12/h11-13,15H,4-10H2,1-3H3. The van der Waals surface area contributed by atoms with Crippen molar-refractivity contribution in [2.75, 3.05) is 33.7 Å². The van der Waals surface area contributed by atoms with Crippen LogP contribution in [0, 0.1) is 5.92 Å². The van der Waals surface area contributed by atoms with Crippen molar-refractivity contribution >= 4 is 5.91 Å². The molecule has 4 heteroatoms. The maximum atomic E-state index is 12.1. The van der Waals surface area contributed by atoms with E-state index >= 15 is 0 Å². The van der Waals surface area contributed by atoms with Crippen LogP contribution in [-0.2, 0) is 4.79 Å². The monoisotopic (exact) mass is 253 g/mol. The van der Waals surface area contributed by atoms with E-state index in [0.717, 1.165) is 25.6 Å². The van der Waals surface area contributed by atoms with Crippen molar-refractivity contribution in [3.05, 3.63) is 0 Å². The van der Waals surface area contributed by atoms with Gasteiger partial charge in [0.15, 0.2) is 0 Å². The molecule has 0 aromatic rings. The van der Waals surface area contributed by atoms with E-state index in [4.69, 9.17) is 0 Å². The molecule has 0 spiro atoms. The van der Waals surface area contributed by atoms with E-state index < -0.39 is 0 Å². The number of carbonyl (C=O) groups excluding carboxylic acids is 1. The highest BCUT2D eigenvalue weighted by atomic mass is 16.2. The van der Waals surface area contributed by atoms with Crippen molar-refractivity contribution in [1.82, 2.24) is 15.1 Å². The number of nitrogens with zero attached hydrogens (tertiary/aromatic N) is 2. The molecule has 104 valence electrons. The predicted octanol–water partition coefficient (Wildman–Crippen LogP) is 0.927. The number of piperidine rings is 1. The van der Waals surface area contributed by atoms with Crippen LogP contribution in [0.2, 0.25) is 0 Å². The molecule has 1 aliphatic heterocycles. The van der Waals surface area contributed by atoms with E-state index in [1.54, 1.807) is 4.90 Å². The minimum Gasteiger partial charge on any atom is -0.347 e. The molecular formula is C14H27N3O. The van der Waals surface area contributed by atoms with Gasteiger partial charge in [-0.15, -0.1) is 0 Å². The average molecular weight is 253 g/mol. The fourth-order valence-electron chi connectivity index (χ4n) is 2.92. The molecule has 2 rings (SSSR count). The molecule has 1 aliphatic carbocycles. The van der Waals surface area contributed by atoms with E-state index in [1.807, 2.05) is 14.1 Å². The second kappa shape index (κ2) is 6.02. The van der Waals surface area contributed by atoms with Gasteiger partial charge in [0.1, 0.15) is 0 Å². The van der Waals surface area contributed by atoms with Gasteiger partial charge in [0, 0.05) is 26.7 Å². The van der Waals surface area contributed by atoms with Crippen molar-refractivity contribution in [3.8, 4) is 0 Å². The van der Waals surface area contributed by atoms with Crippen LogP contribution in [-0.4, -0.2) is 61.5 Å². The summed E-state index contributed by atoms with van der Waals surface area (Å²) in [5.74, 6) is 0.961. The molecular weight excluding hydrogens is 226 g/mol. The lowest BCUT2D eigenvalue weighted by Gasteiger charge is -2.34. The molecule has 1 saturated carbocycles. The van der Waals surface area contributed by atoms with Crippen LogP contribution in [0.4, 0.5) is 0 Å². The minimum absolute atomic E-state index is 0.0365. The predicted molar refractivity (Wildman–Crippen MR) is 73.5 cm³/mol. The highest BCUT2D eigenvalue weighted by molar-refractivity contribution is 5.81. The van der Waals surface area contributed by atoms with Crippen molar-refractivity contribution in [2.24, 2.45) is 5.92 Å². The van der Waals surface area contributed by atoms with E-state index in [0.29, 0.717) is 6.04 Å². The first-order valence-corrected chi connectivity index (χ1v) is 7.27. The van der Waals surface area contributed by atoms with E-state index in [1.165, 1.54) is 25.7 Å². The van der Waals surface area contributed by atoms with Gasteiger partial charge in [0.2, 0.25) is 5.91 Å². The number of likely N-dealkylation sites (N-methyl/N-ethyl adjacent to an activating group) is 1. The number of hydrogen-bond acceptors (Lipinski definition) is 3. The van der Waals surface area contributed by atoms with Crippen molar-refractivity contribution in [2.45, 2.75) is 44.7 Å². The Morgan fingerprint density at radius 2 is 2.06 bits per heavy atom. The van der Waals surface area contributed by atoms with Crippen LogP contribution in [0.3, 0.4) is 0 Å². The first-order chi connectivity index (χ1) is 8.59. The summed E-state index contributed by atoms with van der Waals surface area (Å²) in [5.41, 5.74) is 0. The van der Waals surface area contributed by atoms with Gasteiger partial charge in [-0.3, -0.25) is 9.69 Å². The van der Waals surface area contributed by atoms with Gasteiger partial charge < -0.3 is 10.2 Å². The molecule has 1 saturated heterocycles. The summed E-state index contributed by atoms with van der Waals surface area (Å²) in [5, 5.41) is 3.47. The highest BCUT2D eigenvalue weighted by Gasteiger charge is 2.36. The fraction of sp³-hybridized carbons (Fsp3) is 0.929. The molecule has 2 aliphatic rings. The molecule has 4 nitrogen and oxygen atoms in total. The van der Waals surface area contributed by atoms with Crippen LogP contribution in [0.1, 0.15) is 32.6 Å². The Bertz CT molecular complexity index is 283. The van der Waals surface area contributed by atoms with Crippen LogP contribution in [0.25, 0.3) is 0 Å². The second-order valence-electron chi connectivity index (χ2n) is 6.05. The lowest BCUT2D eigenvalue weighted by atomic mass is 9.98. The molecule has 0 aromatic heterocycles. The summed E-state index contributed by atoms with van der Waals surface area (Å²) in [6.45, 7) is 5.42. The first-order valence-electron chi connectivity index (χ1n) is 7.27. The minimum atomic E-state index is 0.0365. The van der Waals surface area contributed by atoms with Crippen LogP contribution in [0.15, 0.2) is 0 Å². The van der Waals surface area contributed by atoms with E-state index in [2.05, 4.69) is 17.1 Å². The van der Waals surface area contributed by atoms with Gasteiger partial charge in [-0.25, -0.2) is 0 Å². The SMILES string of the molecule is CC(C(=O)N(C)C)N(CC1CCCNC1)C1CC1. The van der Waals surface area contributed by atoms with E-state index in [9.17, 15) is 4.79 Å². The maximum absolute atomic E-state index is 12.1. The number of hydrogen-bond donors (Lipinski definition) is 1. The van der Waals surface area contributed by atoms with Crippen LogP contribution < -0.4 is 5.32 Å². The normalized spacial score (nSPS) is 26.1. The zero-order chi connectivity index (χ0) is 13.1. The van der Waals surface area contributed by atoms with Crippen LogP contribution in [0.5, 0.6) is 0 Å². The largest absolute Gasteiger partial charge is 0.347 e. The summed E-state index contributed by atoms with van der Waals surface area (Å²) < 4.78 is 0. The Hall–Kier alpha value is -0.610. The van der Waals surface area contributed by atoms with Crippen molar-refractivity contribution in [1.29, 1.82) is 0 Å². The number of carbonyl (C=O) groups is 1. The summed E-state index contributed by atoms with van der Waals surface area (Å²) in [6, 6.07) is 0.695. The highest BCUT2D eigenvalue weighted by Crippen LogP contribution is 2.30. The third-order valence-electron chi connectivity index (χ3n) is 4.18. The summed E-state index contributed by atoms with van der Waals surface area (Å²) in [6.07, 6.45) is 5.12. The van der Waals surface area contributed by atoms with Crippen molar-refractivity contribution in [3.63, 3.8) is 0 Å². The molecule has 2 fully saturated rings. The van der Waals surface area contributed by atoms with Gasteiger partial charge in [-0.05, 0) is 51.6 Å². The molecule has 1 amide bonds. The Morgan fingerprint density at radius 3 is 2.56 bits per heavy atom. The Balaban J connectivity index is 1.92. The topological polar surface area (TPSA) is 35.6 Å². The van der Waals surface area contributed by atoms with Crippen LogP contribution >= 0.6 is 0 Å². The quantitative estimate of drug-likeness (QED) is 0.791. The van der Waals surface area contributed by atoms with E-state index in [-0.39, 0.29) is 11.9 Å². The molecule has 1 heterocycles. The third kappa shape index (κ3) is 3.45.